The van der Waals surface area contributed by atoms with E-state index in [2.05, 4.69) is 5.32 Å². The average molecular weight is 305 g/mol. The molecular formula is C20H19NO2. The quantitative estimate of drug-likeness (QED) is 0.752. The molecule has 0 aliphatic carbocycles. The van der Waals surface area contributed by atoms with E-state index in [-0.39, 0.29) is 5.91 Å². The van der Waals surface area contributed by atoms with Crippen LogP contribution in [0.1, 0.15) is 22.8 Å². The number of carbonyl (C=O) groups is 1. The number of nitrogens with one attached hydrogen (secondary N) is 1. The van der Waals surface area contributed by atoms with E-state index in [1.54, 1.807) is 0 Å². The first-order valence-electron chi connectivity index (χ1n) is 7.71. The van der Waals surface area contributed by atoms with Gasteiger partial charge in [-0.25, -0.2) is 0 Å². The van der Waals surface area contributed by atoms with Gasteiger partial charge in [0.2, 0.25) is 0 Å². The number of benzene rings is 3. The molecule has 0 fully saturated rings. The van der Waals surface area contributed by atoms with Crippen molar-refractivity contribution in [3.8, 4) is 5.75 Å². The second kappa shape index (κ2) is 6.53. The van der Waals surface area contributed by atoms with Crippen molar-refractivity contribution in [3.05, 3.63) is 71.8 Å². The second-order valence-corrected chi connectivity index (χ2v) is 5.42. The lowest BCUT2D eigenvalue weighted by molar-refractivity contribution is 0.102. The molecule has 0 aliphatic heterocycles. The number of hydrogen-bond donors (Lipinski definition) is 1. The lowest BCUT2D eigenvalue weighted by Gasteiger charge is -2.13. The molecule has 3 rings (SSSR count). The second-order valence-electron chi connectivity index (χ2n) is 5.42. The van der Waals surface area contributed by atoms with Crippen molar-refractivity contribution in [2.45, 2.75) is 13.8 Å². The van der Waals surface area contributed by atoms with Crippen molar-refractivity contribution >= 4 is 22.4 Å². The molecule has 116 valence electrons. The van der Waals surface area contributed by atoms with Crippen LogP contribution in [0.25, 0.3) is 10.8 Å². The van der Waals surface area contributed by atoms with Gasteiger partial charge in [0.1, 0.15) is 5.75 Å². The van der Waals surface area contributed by atoms with Gasteiger partial charge in [0.05, 0.1) is 12.2 Å². The molecule has 3 aromatic carbocycles. The fourth-order valence-electron chi connectivity index (χ4n) is 2.68. The van der Waals surface area contributed by atoms with Crippen molar-refractivity contribution in [2.75, 3.05) is 11.9 Å². The third-order valence-electron chi connectivity index (χ3n) is 3.69. The standard InChI is InChI=1S/C20H19NO2/c1-3-23-18-12-11-15-8-4-5-10-17(15)19(18)20(22)21-16-9-6-7-14(2)13-16/h4-13H,3H2,1-2H3,(H,21,22). The minimum Gasteiger partial charge on any atom is -0.493 e. The van der Waals surface area contributed by atoms with E-state index in [0.717, 1.165) is 22.0 Å². The van der Waals surface area contributed by atoms with E-state index >= 15 is 0 Å². The van der Waals surface area contributed by atoms with Crippen LogP contribution in [0.15, 0.2) is 60.7 Å². The maximum absolute atomic E-state index is 12.8. The smallest absolute Gasteiger partial charge is 0.260 e. The highest BCUT2D eigenvalue weighted by atomic mass is 16.5. The minimum absolute atomic E-state index is 0.157. The largest absolute Gasteiger partial charge is 0.493 e. The molecule has 3 heteroatoms. The molecule has 0 saturated carbocycles. The first-order valence-corrected chi connectivity index (χ1v) is 7.71. The Labute approximate surface area is 135 Å². The van der Waals surface area contributed by atoms with Crippen molar-refractivity contribution < 1.29 is 9.53 Å². The van der Waals surface area contributed by atoms with Crippen LogP contribution in [-0.4, -0.2) is 12.5 Å². The predicted molar refractivity (Wildman–Crippen MR) is 94.2 cm³/mol. The van der Waals surface area contributed by atoms with Gasteiger partial charge in [-0.15, -0.1) is 0 Å². The zero-order chi connectivity index (χ0) is 16.2. The third-order valence-corrected chi connectivity index (χ3v) is 3.69. The number of ether oxygens (including phenoxy) is 1. The van der Waals surface area contributed by atoms with Gasteiger partial charge >= 0.3 is 0 Å². The summed E-state index contributed by atoms with van der Waals surface area (Å²) < 4.78 is 5.67. The maximum Gasteiger partial charge on any atom is 0.260 e. The molecule has 0 spiro atoms. The van der Waals surface area contributed by atoms with Gasteiger partial charge in [-0.05, 0) is 48.4 Å². The first-order chi connectivity index (χ1) is 11.2. The van der Waals surface area contributed by atoms with E-state index in [1.807, 2.05) is 74.5 Å². The summed E-state index contributed by atoms with van der Waals surface area (Å²) in [5.41, 5.74) is 2.46. The predicted octanol–water partition coefficient (Wildman–Crippen LogP) is 4.80. The summed E-state index contributed by atoms with van der Waals surface area (Å²) in [6, 6.07) is 19.4. The van der Waals surface area contributed by atoms with Gasteiger partial charge in [-0.1, -0.05) is 42.5 Å². The number of fused-ring (bicyclic) bond motifs is 1. The highest BCUT2D eigenvalue weighted by Crippen LogP contribution is 2.29. The Hall–Kier alpha value is -2.81. The molecule has 0 bridgehead atoms. The molecule has 23 heavy (non-hydrogen) atoms. The number of carbonyl (C=O) groups excluding carboxylic acids is 1. The van der Waals surface area contributed by atoms with E-state index in [0.29, 0.717) is 17.9 Å². The van der Waals surface area contributed by atoms with Gasteiger partial charge in [0.15, 0.2) is 0 Å². The summed E-state index contributed by atoms with van der Waals surface area (Å²) in [6.07, 6.45) is 0. The van der Waals surface area contributed by atoms with Gasteiger partial charge in [-0.3, -0.25) is 4.79 Å². The Balaban J connectivity index is 2.05. The Bertz CT molecular complexity index is 855. The highest BCUT2D eigenvalue weighted by molar-refractivity contribution is 6.15. The first kappa shape index (κ1) is 15.1. The molecule has 0 heterocycles. The fraction of sp³-hybridized carbons (Fsp3) is 0.150. The molecule has 0 aromatic heterocycles. The summed E-state index contributed by atoms with van der Waals surface area (Å²) >= 11 is 0. The Morgan fingerprint density at radius 2 is 1.87 bits per heavy atom. The van der Waals surface area contributed by atoms with Crippen LogP contribution in [0, 0.1) is 6.92 Å². The molecule has 3 nitrogen and oxygen atoms in total. The SMILES string of the molecule is CCOc1ccc2ccccc2c1C(=O)Nc1cccc(C)c1. The average Bonchev–Trinajstić information content (AvgIpc) is 2.54. The summed E-state index contributed by atoms with van der Waals surface area (Å²) in [5, 5.41) is 4.88. The van der Waals surface area contributed by atoms with Crippen molar-refractivity contribution in [1.29, 1.82) is 0 Å². The molecule has 0 atom stereocenters. The molecule has 1 N–H and O–H groups in total. The Morgan fingerprint density at radius 3 is 2.65 bits per heavy atom. The molecular weight excluding hydrogens is 286 g/mol. The van der Waals surface area contributed by atoms with Crippen LogP contribution in [0.5, 0.6) is 5.75 Å². The third kappa shape index (κ3) is 3.19. The van der Waals surface area contributed by atoms with Crippen LogP contribution in [0.4, 0.5) is 5.69 Å². The number of rotatable bonds is 4. The lowest BCUT2D eigenvalue weighted by Crippen LogP contribution is -2.14. The summed E-state index contributed by atoms with van der Waals surface area (Å²) in [7, 11) is 0. The van der Waals surface area contributed by atoms with Crippen molar-refractivity contribution in [2.24, 2.45) is 0 Å². The van der Waals surface area contributed by atoms with E-state index in [1.165, 1.54) is 0 Å². The van der Waals surface area contributed by atoms with Crippen molar-refractivity contribution in [1.82, 2.24) is 0 Å². The van der Waals surface area contributed by atoms with E-state index in [9.17, 15) is 4.79 Å². The molecule has 1 amide bonds. The van der Waals surface area contributed by atoms with E-state index < -0.39 is 0 Å². The molecule has 0 unspecified atom stereocenters. The minimum atomic E-state index is -0.157. The topological polar surface area (TPSA) is 38.3 Å². The van der Waals surface area contributed by atoms with Crippen LogP contribution < -0.4 is 10.1 Å². The maximum atomic E-state index is 12.8. The summed E-state index contributed by atoms with van der Waals surface area (Å²) in [4.78, 5) is 12.8. The Kier molecular flexibility index (Phi) is 4.29. The van der Waals surface area contributed by atoms with Gasteiger partial charge in [0, 0.05) is 5.69 Å². The monoisotopic (exact) mass is 305 g/mol. The summed E-state index contributed by atoms with van der Waals surface area (Å²) in [5.74, 6) is 0.451. The van der Waals surface area contributed by atoms with Gasteiger partial charge in [-0.2, -0.15) is 0 Å². The number of amides is 1. The van der Waals surface area contributed by atoms with E-state index in [4.69, 9.17) is 4.74 Å². The summed E-state index contributed by atoms with van der Waals surface area (Å²) in [6.45, 7) is 4.43. The molecule has 0 saturated heterocycles. The van der Waals surface area contributed by atoms with Crippen molar-refractivity contribution in [3.63, 3.8) is 0 Å². The van der Waals surface area contributed by atoms with Crippen LogP contribution in [-0.2, 0) is 0 Å². The highest BCUT2D eigenvalue weighted by Gasteiger charge is 2.16. The number of hydrogen-bond acceptors (Lipinski definition) is 2. The molecule has 0 aliphatic rings. The number of anilines is 1. The Morgan fingerprint density at radius 1 is 1.04 bits per heavy atom. The van der Waals surface area contributed by atoms with Crippen LogP contribution >= 0.6 is 0 Å². The molecule has 3 aromatic rings. The van der Waals surface area contributed by atoms with Gasteiger partial charge in [0.25, 0.3) is 5.91 Å². The normalized spacial score (nSPS) is 10.5. The van der Waals surface area contributed by atoms with Gasteiger partial charge < -0.3 is 10.1 Å². The zero-order valence-corrected chi connectivity index (χ0v) is 13.3. The molecule has 0 radical (unpaired) electrons. The van der Waals surface area contributed by atoms with Crippen LogP contribution in [0.3, 0.4) is 0 Å². The van der Waals surface area contributed by atoms with Crippen LogP contribution in [0.2, 0.25) is 0 Å². The fourth-order valence-corrected chi connectivity index (χ4v) is 2.68. The zero-order valence-electron chi connectivity index (χ0n) is 13.3. The lowest BCUT2D eigenvalue weighted by atomic mass is 10.0. The number of aryl methyl sites for hydroxylation is 1.